The number of nitriles is 1. The molecule has 0 aliphatic carbocycles. The van der Waals surface area contributed by atoms with Gasteiger partial charge in [-0.2, -0.15) is 5.26 Å². The second-order valence-electron chi connectivity index (χ2n) is 1.85. The van der Waals surface area contributed by atoms with Crippen LogP contribution in [-0.2, 0) is 6.42 Å². The lowest BCUT2D eigenvalue weighted by Gasteiger charge is -1.91. The van der Waals surface area contributed by atoms with Gasteiger partial charge in [0.25, 0.3) is 0 Å². The Hall–Kier alpha value is -1.07. The maximum atomic E-state index is 8.29. The van der Waals surface area contributed by atoms with E-state index in [1.165, 1.54) is 0 Å². The van der Waals surface area contributed by atoms with Gasteiger partial charge in [0.1, 0.15) is 0 Å². The van der Waals surface area contributed by atoms with E-state index in [1.807, 2.05) is 6.07 Å². The van der Waals surface area contributed by atoms with Gasteiger partial charge < -0.3 is 0 Å². The highest BCUT2D eigenvalue weighted by Gasteiger charge is 1.91. The molecule has 1 aromatic rings. The topological polar surface area (TPSA) is 36.7 Å². The molecule has 0 aromatic carbocycles. The molecular formula is C7H5ClN2. The Kier molecular flexibility index (Phi) is 2.24. The molecule has 0 radical (unpaired) electrons. The predicted molar refractivity (Wildman–Crippen MR) is 38.6 cm³/mol. The summed E-state index contributed by atoms with van der Waals surface area (Å²) in [5.74, 6) is 0. The summed E-state index contributed by atoms with van der Waals surface area (Å²) in [6, 6.07) is 3.75. The Morgan fingerprint density at radius 1 is 1.60 bits per heavy atom. The van der Waals surface area contributed by atoms with E-state index in [2.05, 4.69) is 4.98 Å². The third-order valence-electron chi connectivity index (χ3n) is 1.04. The van der Waals surface area contributed by atoms with Crippen LogP contribution in [0.4, 0.5) is 0 Å². The second kappa shape index (κ2) is 3.19. The highest BCUT2D eigenvalue weighted by Crippen LogP contribution is 2.07. The number of nitrogens with zero attached hydrogens (tertiary/aromatic N) is 2. The molecule has 1 heterocycles. The largest absolute Gasteiger partial charge is 0.263 e. The van der Waals surface area contributed by atoms with Crippen LogP contribution in [0.15, 0.2) is 18.5 Å². The van der Waals surface area contributed by atoms with Gasteiger partial charge in [0.15, 0.2) is 0 Å². The van der Waals surface area contributed by atoms with E-state index in [0.717, 1.165) is 5.56 Å². The fraction of sp³-hybridized carbons (Fsp3) is 0.143. The molecule has 0 fully saturated rings. The van der Waals surface area contributed by atoms with Crippen molar-refractivity contribution in [2.75, 3.05) is 0 Å². The Morgan fingerprint density at radius 3 is 3.00 bits per heavy atom. The third kappa shape index (κ3) is 1.71. The van der Waals surface area contributed by atoms with Crippen molar-refractivity contribution in [2.45, 2.75) is 6.42 Å². The molecule has 50 valence electrons. The number of rotatable bonds is 1. The van der Waals surface area contributed by atoms with Crippen LogP contribution in [0.2, 0.25) is 5.02 Å². The van der Waals surface area contributed by atoms with Crippen molar-refractivity contribution in [3.63, 3.8) is 0 Å². The maximum absolute atomic E-state index is 8.29. The van der Waals surface area contributed by atoms with Gasteiger partial charge in [-0.15, -0.1) is 0 Å². The summed E-state index contributed by atoms with van der Waals surface area (Å²) in [4.78, 5) is 3.82. The average molecular weight is 153 g/mol. The van der Waals surface area contributed by atoms with E-state index in [0.29, 0.717) is 11.4 Å². The molecule has 0 N–H and O–H groups in total. The standard InChI is InChI=1S/C7H5ClN2/c8-7-3-6(1-2-9)4-10-5-7/h3-5H,1H2. The number of aromatic nitrogens is 1. The molecule has 0 amide bonds. The first-order valence-electron chi connectivity index (χ1n) is 2.79. The molecule has 1 aromatic heterocycles. The van der Waals surface area contributed by atoms with Crippen LogP contribution in [0.1, 0.15) is 5.56 Å². The molecule has 2 nitrogen and oxygen atoms in total. The van der Waals surface area contributed by atoms with Gasteiger partial charge in [-0.25, -0.2) is 0 Å². The molecule has 0 unspecified atom stereocenters. The Labute approximate surface area is 64.1 Å². The van der Waals surface area contributed by atoms with Crippen LogP contribution in [0.5, 0.6) is 0 Å². The lowest BCUT2D eigenvalue weighted by atomic mass is 10.2. The molecule has 0 spiro atoms. The van der Waals surface area contributed by atoms with E-state index < -0.39 is 0 Å². The van der Waals surface area contributed by atoms with Crippen molar-refractivity contribution < 1.29 is 0 Å². The monoisotopic (exact) mass is 152 g/mol. The molecule has 0 aliphatic heterocycles. The smallest absolute Gasteiger partial charge is 0.0670 e. The molecule has 0 saturated carbocycles. The zero-order chi connectivity index (χ0) is 7.40. The van der Waals surface area contributed by atoms with Gasteiger partial charge >= 0.3 is 0 Å². The second-order valence-corrected chi connectivity index (χ2v) is 2.28. The Balaban J connectivity index is 2.87. The summed E-state index contributed by atoms with van der Waals surface area (Å²) < 4.78 is 0. The quantitative estimate of drug-likeness (QED) is 0.615. The van der Waals surface area contributed by atoms with Crippen molar-refractivity contribution in [3.05, 3.63) is 29.0 Å². The van der Waals surface area contributed by atoms with Gasteiger partial charge in [-0.3, -0.25) is 4.98 Å². The summed E-state index contributed by atoms with van der Waals surface area (Å²) in [5, 5.41) is 8.87. The van der Waals surface area contributed by atoms with Crippen LogP contribution in [0, 0.1) is 11.3 Å². The summed E-state index contributed by atoms with van der Waals surface area (Å²) >= 11 is 5.61. The minimum atomic E-state index is 0.369. The van der Waals surface area contributed by atoms with Gasteiger partial charge in [0.2, 0.25) is 0 Å². The van der Waals surface area contributed by atoms with Gasteiger partial charge in [0.05, 0.1) is 17.5 Å². The molecule has 1 rings (SSSR count). The number of pyridine rings is 1. The highest BCUT2D eigenvalue weighted by molar-refractivity contribution is 6.30. The molecular weight excluding hydrogens is 148 g/mol. The van der Waals surface area contributed by atoms with Crippen LogP contribution >= 0.6 is 11.6 Å². The Bertz CT molecular complexity index is 265. The van der Waals surface area contributed by atoms with Crippen LogP contribution in [-0.4, -0.2) is 4.98 Å². The van der Waals surface area contributed by atoms with Crippen molar-refractivity contribution in [1.82, 2.24) is 4.98 Å². The zero-order valence-corrected chi connectivity index (χ0v) is 5.97. The Morgan fingerprint density at radius 2 is 2.40 bits per heavy atom. The van der Waals surface area contributed by atoms with Crippen LogP contribution < -0.4 is 0 Å². The van der Waals surface area contributed by atoms with E-state index in [-0.39, 0.29) is 0 Å². The fourth-order valence-corrected chi connectivity index (χ4v) is 0.840. The van der Waals surface area contributed by atoms with Gasteiger partial charge in [-0.1, -0.05) is 11.6 Å². The summed E-state index contributed by atoms with van der Waals surface area (Å²) in [7, 11) is 0. The predicted octanol–water partition coefficient (Wildman–Crippen LogP) is 1.80. The third-order valence-corrected chi connectivity index (χ3v) is 1.25. The van der Waals surface area contributed by atoms with Gasteiger partial charge in [-0.05, 0) is 11.6 Å². The molecule has 0 saturated heterocycles. The first kappa shape index (κ1) is 7.04. The first-order valence-corrected chi connectivity index (χ1v) is 3.17. The lowest BCUT2D eigenvalue weighted by Crippen LogP contribution is -1.81. The van der Waals surface area contributed by atoms with E-state index in [1.54, 1.807) is 18.5 Å². The number of hydrogen-bond donors (Lipinski definition) is 0. The zero-order valence-electron chi connectivity index (χ0n) is 5.21. The summed E-state index contributed by atoms with van der Waals surface area (Å²) in [5.41, 5.74) is 0.856. The van der Waals surface area contributed by atoms with Crippen molar-refractivity contribution in [2.24, 2.45) is 0 Å². The fourth-order valence-electron chi connectivity index (χ4n) is 0.644. The highest BCUT2D eigenvalue weighted by atomic mass is 35.5. The normalized spacial score (nSPS) is 8.80. The van der Waals surface area contributed by atoms with Crippen molar-refractivity contribution in [1.29, 1.82) is 5.26 Å². The lowest BCUT2D eigenvalue weighted by molar-refractivity contribution is 1.19. The average Bonchev–Trinajstić information content (AvgIpc) is 1.88. The minimum Gasteiger partial charge on any atom is -0.263 e. The maximum Gasteiger partial charge on any atom is 0.0670 e. The van der Waals surface area contributed by atoms with Gasteiger partial charge in [0, 0.05) is 12.4 Å². The van der Waals surface area contributed by atoms with E-state index in [9.17, 15) is 0 Å². The first-order chi connectivity index (χ1) is 4.83. The molecule has 3 heteroatoms. The molecule has 0 bridgehead atoms. The number of hydrogen-bond acceptors (Lipinski definition) is 2. The SMILES string of the molecule is N#CCc1cncc(Cl)c1. The molecule has 0 atom stereocenters. The van der Waals surface area contributed by atoms with Crippen molar-refractivity contribution in [3.8, 4) is 6.07 Å². The number of halogens is 1. The molecule has 10 heavy (non-hydrogen) atoms. The van der Waals surface area contributed by atoms with Crippen molar-refractivity contribution >= 4 is 11.6 Å². The molecule has 0 aliphatic rings. The van der Waals surface area contributed by atoms with E-state index >= 15 is 0 Å². The van der Waals surface area contributed by atoms with Crippen LogP contribution in [0.25, 0.3) is 0 Å². The summed E-state index contributed by atoms with van der Waals surface area (Å²) in [6.45, 7) is 0. The van der Waals surface area contributed by atoms with Crippen LogP contribution in [0.3, 0.4) is 0 Å². The summed E-state index contributed by atoms with van der Waals surface area (Å²) in [6.07, 6.45) is 3.55. The minimum absolute atomic E-state index is 0.369. The van der Waals surface area contributed by atoms with E-state index in [4.69, 9.17) is 16.9 Å².